The van der Waals surface area contributed by atoms with Crippen molar-refractivity contribution in [2.45, 2.75) is 31.9 Å². The van der Waals surface area contributed by atoms with Crippen LogP contribution in [0.15, 0.2) is 0 Å². The van der Waals surface area contributed by atoms with E-state index in [1.807, 2.05) is 0 Å². The zero-order valence-electron chi connectivity index (χ0n) is 9.87. The lowest BCUT2D eigenvalue weighted by Crippen LogP contribution is -2.45. The van der Waals surface area contributed by atoms with Gasteiger partial charge in [-0.15, -0.1) is 0 Å². The van der Waals surface area contributed by atoms with Crippen LogP contribution in [0.3, 0.4) is 0 Å². The van der Waals surface area contributed by atoms with Crippen molar-refractivity contribution in [2.24, 2.45) is 0 Å². The van der Waals surface area contributed by atoms with E-state index in [-0.39, 0.29) is 36.4 Å². The molecular formula is C10H19NO5S. The molecule has 0 spiro atoms. The summed E-state index contributed by atoms with van der Waals surface area (Å²) >= 11 is 0. The van der Waals surface area contributed by atoms with Gasteiger partial charge in [0.25, 0.3) is 0 Å². The lowest BCUT2D eigenvalue weighted by atomic mass is 10.2. The minimum Gasteiger partial charge on any atom is -0.394 e. The van der Waals surface area contributed by atoms with E-state index in [4.69, 9.17) is 5.11 Å². The zero-order chi connectivity index (χ0) is 13.1. The van der Waals surface area contributed by atoms with Crippen molar-refractivity contribution in [1.29, 1.82) is 0 Å². The van der Waals surface area contributed by atoms with Gasteiger partial charge in [0.15, 0.2) is 9.84 Å². The Morgan fingerprint density at radius 3 is 2.59 bits per heavy atom. The van der Waals surface area contributed by atoms with Gasteiger partial charge in [-0.25, -0.2) is 8.42 Å². The van der Waals surface area contributed by atoms with Gasteiger partial charge in [-0.2, -0.15) is 0 Å². The van der Waals surface area contributed by atoms with E-state index in [1.54, 1.807) is 6.92 Å². The highest BCUT2D eigenvalue weighted by Crippen LogP contribution is 2.18. The molecule has 7 heteroatoms. The van der Waals surface area contributed by atoms with Crippen LogP contribution in [-0.4, -0.2) is 66.2 Å². The third-order valence-corrected chi connectivity index (χ3v) is 4.64. The van der Waals surface area contributed by atoms with Crippen LogP contribution in [-0.2, 0) is 14.6 Å². The molecule has 0 bridgehead atoms. The Labute approximate surface area is 101 Å². The monoisotopic (exact) mass is 265 g/mol. The van der Waals surface area contributed by atoms with Gasteiger partial charge in [0.05, 0.1) is 24.2 Å². The molecule has 1 aliphatic heterocycles. The van der Waals surface area contributed by atoms with Crippen LogP contribution >= 0.6 is 0 Å². The lowest BCUT2D eigenvalue weighted by molar-refractivity contribution is -0.134. The van der Waals surface area contributed by atoms with E-state index in [0.717, 1.165) is 0 Å². The number of carbonyl (C=O) groups excluding carboxylic acids is 1. The molecule has 0 aromatic rings. The van der Waals surface area contributed by atoms with Crippen molar-refractivity contribution in [1.82, 2.24) is 4.90 Å². The molecule has 1 heterocycles. The number of hydrogen-bond donors (Lipinski definition) is 2. The van der Waals surface area contributed by atoms with E-state index < -0.39 is 22.5 Å². The number of rotatable bonds is 5. The van der Waals surface area contributed by atoms with Crippen molar-refractivity contribution in [3.63, 3.8) is 0 Å². The Kier molecular flexibility index (Phi) is 4.91. The van der Waals surface area contributed by atoms with Gasteiger partial charge in [-0.1, -0.05) is 6.92 Å². The van der Waals surface area contributed by atoms with Crippen LogP contribution in [0.4, 0.5) is 0 Å². The Balaban J connectivity index is 2.74. The Morgan fingerprint density at radius 2 is 2.18 bits per heavy atom. The molecule has 1 fully saturated rings. The Bertz CT molecular complexity index is 367. The van der Waals surface area contributed by atoms with Gasteiger partial charge in [-0.05, 0) is 6.42 Å². The van der Waals surface area contributed by atoms with Crippen LogP contribution in [0.25, 0.3) is 0 Å². The zero-order valence-corrected chi connectivity index (χ0v) is 10.7. The van der Waals surface area contributed by atoms with Gasteiger partial charge in [0.1, 0.15) is 0 Å². The van der Waals surface area contributed by atoms with Crippen molar-refractivity contribution >= 4 is 15.7 Å². The van der Waals surface area contributed by atoms with E-state index in [9.17, 15) is 18.3 Å². The van der Waals surface area contributed by atoms with E-state index >= 15 is 0 Å². The van der Waals surface area contributed by atoms with Gasteiger partial charge in [0, 0.05) is 19.0 Å². The number of sulfone groups is 1. The maximum Gasteiger partial charge on any atom is 0.222 e. The van der Waals surface area contributed by atoms with Crippen molar-refractivity contribution < 1.29 is 23.4 Å². The van der Waals surface area contributed by atoms with E-state index in [1.165, 1.54) is 4.90 Å². The molecule has 0 saturated carbocycles. The van der Waals surface area contributed by atoms with Crippen LogP contribution in [0.2, 0.25) is 0 Å². The first-order valence-corrected chi connectivity index (χ1v) is 7.50. The first-order valence-electron chi connectivity index (χ1n) is 5.68. The summed E-state index contributed by atoms with van der Waals surface area (Å²) in [7, 11) is -3.06. The number of aliphatic hydroxyl groups excluding tert-OH is 2. The molecule has 0 unspecified atom stereocenters. The average Bonchev–Trinajstić information content (AvgIpc) is 2.64. The fraction of sp³-hybridized carbons (Fsp3) is 0.900. The summed E-state index contributed by atoms with van der Waals surface area (Å²) in [6.07, 6.45) is -0.352. The topological polar surface area (TPSA) is 94.9 Å². The molecule has 6 nitrogen and oxygen atoms in total. The molecule has 100 valence electrons. The SMILES string of the molecule is CCC(=O)N(C[C@H](O)CO)[C@@H]1CCS(=O)(=O)C1. The third-order valence-electron chi connectivity index (χ3n) is 2.89. The van der Waals surface area contributed by atoms with Crippen molar-refractivity contribution in [2.75, 3.05) is 24.7 Å². The smallest absolute Gasteiger partial charge is 0.222 e. The van der Waals surface area contributed by atoms with Gasteiger partial charge in [0.2, 0.25) is 5.91 Å². The Hall–Kier alpha value is -0.660. The van der Waals surface area contributed by atoms with Gasteiger partial charge < -0.3 is 15.1 Å². The molecule has 17 heavy (non-hydrogen) atoms. The molecule has 2 atom stereocenters. The average molecular weight is 265 g/mol. The summed E-state index contributed by atoms with van der Waals surface area (Å²) in [5, 5.41) is 18.1. The number of nitrogens with zero attached hydrogens (tertiary/aromatic N) is 1. The molecular weight excluding hydrogens is 246 g/mol. The highest BCUT2D eigenvalue weighted by Gasteiger charge is 2.34. The van der Waals surface area contributed by atoms with Crippen LogP contribution < -0.4 is 0 Å². The van der Waals surface area contributed by atoms with E-state index in [2.05, 4.69) is 0 Å². The van der Waals surface area contributed by atoms with E-state index in [0.29, 0.717) is 6.42 Å². The maximum absolute atomic E-state index is 11.7. The second-order valence-corrected chi connectivity index (χ2v) is 6.52. The Morgan fingerprint density at radius 1 is 1.53 bits per heavy atom. The molecule has 0 radical (unpaired) electrons. The highest BCUT2D eigenvalue weighted by atomic mass is 32.2. The maximum atomic E-state index is 11.7. The van der Waals surface area contributed by atoms with Crippen LogP contribution in [0, 0.1) is 0 Å². The fourth-order valence-electron chi connectivity index (χ4n) is 1.96. The summed E-state index contributed by atoms with van der Waals surface area (Å²) in [4.78, 5) is 13.1. The minimum absolute atomic E-state index is 0.0106. The molecule has 0 aliphatic carbocycles. The second kappa shape index (κ2) is 5.79. The van der Waals surface area contributed by atoms with Gasteiger partial charge >= 0.3 is 0 Å². The summed E-state index contributed by atoms with van der Waals surface area (Å²) < 4.78 is 22.7. The number of hydrogen-bond acceptors (Lipinski definition) is 5. The van der Waals surface area contributed by atoms with Crippen LogP contribution in [0.5, 0.6) is 0 Å². The molecule has 1 amide bonds. The number of amides is 1. The van der Waals surface area contributed by atoms with Crippen molar-refractivity contribution in [3.05, 3.63) is 0 Å². The standard InChI is InChI=1S/C10H19NO5S/c1-2-10(14)11(5-9(13)6-12)8-3-4-17(15,16)7-8/h8-9,12-13H,2-7H2,1H3/t8-,9+/m1/s1. The first kappa shape index (κ1) is 14.4. The molecule has 1 saturated heterocycles. The molecule has 2 N–H and O–H groups in total. The quantitative estimate of drug-likeness (QED) is 0.649. The predicted octanol–water partition coefficient (Wildman–Crippen LogP) is -1.23. The lowest BCUT2D eigenvalue weighted by Gasteiger charge is -2.29. The first-order chi connectivity index (χ1) is 7.89. The minimum atomic E-state index is -3.06. The van der Waals surface area contributed by atoms with Crippen LogP contribution in [0.1, 0.15) is 19.8 Å². The highest BCUT2D eigenvalue weighted by molar-refractivity contribution is 7.91. The number of aliphatic hydroxyl groups is 2. The molecule has 0 aromatic carbocycles. The second-order valence-electron chi connectivity index (χ2n) is 4.29. The van der Waals surface area contributed by atoms with Gasteiger partial charge in [-0.3, -0.25) is 4.79 Å². The normalized spacial score (nSPS) is 24.5. The summed E-state index contributed by atoms with van der Waals surface area (Å²) in [5.74, 6) is -0.156. The third kappa shape index (κ3) is 3.93. The van der Waals surface area contributed by atoms with Crippen molar-refractivity contribution in [3.8, 4) is 0 Å². The largest absolute Gasteiger partial charge is 0.394 e. The molecule has 0 aromatic heterocycles. The fourth-order valence-corrected chi connectivity index (χ4v) is 3.69. The predicted molar refractivity (Wildman–Crippen MR) is 62.2 cm³/mol. The summed E-state index contributed by atoms with van der Waals surface area (Å²) in [6, 6.07) is -0.367. The molecule has 1 aliphatic rings. The summed E-state index contributed by atoms with van der Waals surface area (Å²) in [6.45, 7) is 1.24. The summed E-state index contributed by atoms with van der Waals surface area (Å²) in [5.41, 5.74) is 0. The molecule has 1 rings (SSSR count). The number of carbonyl (C=O) groups is 1.